The summed E-state index contributed by atoms with van der Waals surface area (Å²) in [5.74, 6) is 0. The van der Waals surface area contributed by atoms with Crippen molar-refractivity contribution in [3.05, 3.63) is 24.0 Å². The summed E-state index contributed by atoms with van der Waals surface area (Å²) in [6.45, 7) is 6.31. The van der Waals surface area contributed by atoms with Gasteiger partial charge in [0, 0.05) is 32.0 Å². The minimum Gasteiger partial charge on any atom is -0.381 e. The first kappa shape index (κ1) is 12.0. The van der Waals surface area contributed by atoms with Crippen LogP contribution in [0.1, 0.15) is 31.4 Å². The number of aryl methyl sites for hydroxylation is 1. The van der Waals surface area contributed by atoms with Crippen LogP contribution in [0, 0.1) is 12.3 Å². The Bertz CT molecular complexity index is 385. The second-order valence-corrected chi connectivity index (χ2v) is 5.76. The van der Waals surface area contributed by atoms with E-state index >= 15 is 0 Å². The highest BCUT2D eigenvalue weighted by molar-refractivity contribution is 5.45. The Balaban J connectivity index is 1.64. The number of aromatic nitrogens is 1. The zero-order valence-corrected chi connectivity index (χ0v) is 11.2. The van der Waals surface area contributed by atoms with Gasteiger partial charge in [-0.3, -0.25) is 4.98 Å². The third kappa shape index (κ3) is 2.37. The molecular weight excluding hydrogens is 224 g/mol. The Hall–Kier alpha value is -1.09. The molecule has 18 heavy (non-hydrogen) atoms. The molecule has 1 aromatic heterocycles. The molecule has 0 amide bonds. The maximum atomic E-state index is 5.50. The van der Waals surface area contributed by atoms with E-state index < -0.39 is 0 Å². The van der Waals surface area contributed by atoms with Crippen molar-refractivity contribution in [2.24, 2.45) is 5.41 Å². The van der Waals surface area contributed by atoms with E-state index in [1.807, 2.05) is 13.1 Å². The highest BCUT2D eigenvalue weighted by Crippen LogP contribution is 2.41. The van der Waals surface area contributed by atoms with Crippen LogP contribution in [0.5, 0.6) is 0 Å². The molecule has 0 radical (unpaired) electrons. The van der Waals surface area contributed by atoms with Crippen molar-refractivity contribution in [1.29, 1.82) is 0 Å². The zero-order chi connectivity index (χ0) is 12.4. The highest BCUT2D eigenvalue weighted by atomic mass is 16.5. The lowest BCUT2D eigenvalue weighted by molar-refractivity contribution is 0.00212. The first-order chi connectivity index (χ1) is 8.77. The molecule has 0 bridgehead atoms. The topological polar surface area (TPSA) is 25.4 Å². The number of hydrogen-bond acceptors (Lipinski definition) is 3. The Morgan fingerprint density at radius 1 is 1.11 bits per heavy atom. The van der Waals surface area contributed by atoms with Gasteiger partial charge in [-0.1, -0.05) is 0 Å². The van der Waals surface area contributed by atoms with Crippen molar-refractivity contribution in [3.63, 3.8) is 0 Å². The number of anilines is 1. The monoisotopic (exact) mass is 246 g/mol. The van der Waals surface area contributed by atoms with Crippen LogP contribution in [0.4, 0.5) is 5.69 Å². The normalized spacial score (nSPS) is 23.3. The van der Waals surface area contributed by atoms with Crippen molar-refractivity contribution in [3.8, 4) is 0 Å². The van der Waals surface area contributed by atoms with E-state index in [0.29, 0.717) is 5.41 Å². The van der Waals surface area contributed by atoms with Gasteiger partial charge < -0.3 is 9.64 Å². The van der Waals surface area contributed by atoms with Crippen LogP contribution in [0.3, 0.4) is 0 Å². The lowest BCUT2D eigenvalue weighted by Crippen LogP contribution is -2.43. The van der Waals surface area contributed by atoms with Crippen LogP contribution < -0.4 is 4.90 Å². The molecule has 3 heteroatoms. The molecular formula is C15H22N2O. The number of rotatable bonds is 1. The summed E-state index contributed by atoms with van der Waals surface area (Å²) in [5.41, 5.74) is 2.95. The first-order valence-electron chi connectivity index (χ1n) is 7.03. The van der Waals surface area contributed by atoms with Gasteiger partial charge in [-0.2, -0.15) is 0 Å². The number of hydrogen-bond donors (Lipinski definition) is 0. The van der Waals surface area contributed by atoms with E-state index in [-0.39, 0.29) is 0 Å². The molecule has 2 aliphatic rings. The van der Waals surface area contributed by atoms with Gasteiger partial charge in [0.15, 0.2) is 0 Å². The van der Waals surface area contributed by atoms with Crippen molar-refractivity contribution < 1.29 is 4.74 Å². The van der Waals surface area contributed by atoms with E-state index in [9.17, 15) is 0 Å². The van der Waals surface area contributed by atoms with E-state index in [1.165, 1.54) is 44.5 Å². The maximum Gasteiger partial charge on any atom is 0.0552 e. The SMILES string of the molecule is Cc1ccc(N2CCC3(CCOCC3)CC2)cn1. The number of ether oxygens (including phenoxy) is 1. The number of pyridine rings is 1. The zero-order valence-electron chi connectivity index (χ0n) is 11.2. The van der Waals surface area contributed by atoms with Crippen molar-refractivity contribution in [1.82, 2.24) is 4.98 Å². The average molecular weight is 246 g/mol. The van der Waals surface area contributed by atoms with Gasteiger partial charge in [-0.05, 0) is 50.2 Å². The molecule has 3 rings (SSSR count). The van der Waals surface area contributed by atoms with Gasteiger partial charge >= 0.3 is 0 Å². The summed E-state index contributed by atoms with van der Waals surface area (Å²) >= 11 is 0. The van der Waals surface area contributed by atoms with Crippen molar-refractivity contribution >= 4 is 5.69 Å². The highest BCUT2D eigenvalue weighted by Gasteiger charge is 2.35. The molecule has 0 N–H and O–H groups in total. The van der Waals surface area contributed by atoms with Crippen LogP contribution in [0.15, 0.2) is 18.3 Å². The lowest BCUT2D eigenvalue weighted by Gasteiger charge is -2.44. The quantitative estimate of drug-likeness (QED) is 0.762. The second kappa shape index (κ2) is 4.88. The Labute approximate surface area is 109 Å². The summed E-state index contributed by atoms with van der Waals surface area (Å²) in [4.78, 5) is 6.88. The van der Waals surface area contributed by atoms with Crippen LogP contribution in [-0.2, 0) is 4.74 Å². The number of piperidine rings is 1. The standard InChI is InChI=1S/C15H22N2O/c1-13-2-3-14(12-16-13)17-8-4-15(5-9-17)6-10-18-11-7-15/h2-3,12H,4-11H2,1H3. The van der Waals surface area contributed by atoms with Crippen LogP contribution in [0.25, 0.3) is 0 Å². The molecule has 1 aromatic rings. The Kier molecular flexibility index (Phi) is 3.25. The minimum atomic E-state index is 0.576. The van der Waals surface area contributed by atoms with Gasteiger partial charge in [0.2, 0.25) is 0 Å². The van der Waals surface area contributed by atoms with Gasteiger partial charge in [-0.15, -0.1) is 0 Å². The molecule has 98 valence electrons. The smallest absolute Gasteiger partial charge is 0.0552 e. The Morgan fingerprint density at radius 2 is 1.83 bits per heavy atom. The minimum absolute atomic E-state index is 0.576. The molecule has 3 heterocycles. The predicted octanol–water partition coefficient (Wildman–Crippen LogP) is 2.79. The van der Waals surface area contributed by atoms with Gasteiger partial charge in [-0.25, -0.2) is 0 Å². The van der Waals surface area contributed by atoms with Gasteiger partial charge in [0.25, 0.3) is 0 Å². The summed E-state index contributed by atoms with van der Waals surface area (Å²) < 4.78 is 5.50. The summed E-state index contributed by atoms with van der Waals surface area (Å²) in [7, 11) is 0. The molecule has 2 fully saturated rings. The average Bonchev–Trinajstić information content (AvgIpc) is 2.42. The summed E-state index contributed by atoms with van der Waals surface area (Å²) in [5, 5.41) is 0. The molecule has 2 saturated heterocycles. The van der Waals surface area contributed by atoms with Crippen LogP contribution in [-0.4, -0.2) is 31.3 Å². The molecule has 0 saturated carbocycles. The second-order valence-electron chi connectivity index (χ2n) is 5.76. The predicted molar refractivity (Wildman–Crippen MR) is 72.9 cm³/mol. The van der Waals surface area contributed by atoms with Gasteiger partial charge in [0.1, 0.15) is 0 Å². The van der Waals surface area contributed by atoms with Crippen LogP contribution >= 0.6 is 0 Å². The lowest BCUT2D eigenvalue weighted by atomic mass is 9.72. The molecule has 1 spiro atoms. The van der Waals surface area contributed by atoms with E-state index in [1.54, 1.807) is 0 Å². The Morgan fingerprint density at radius 3 is 2.44 bits per heavy atom. The number of nitrogens with zero attached hydrogens (tertiary/aromatic N) is 2. The maximum absolute atomic E-state index is 5.50. The van der Waals surface area contributed by atoms with E-state index in [2.05, 4.69) is 22.0 Å². The fourth-order valence-electron chi connectivity index (χ4n) is 3.19. The fourth-order valence-corrected chi connectivity index (χ4v) is 3.19. The third-order valence-corrected chi connectivity index (χ3v) is 4.64. The molecule has 0 aliphatic carbocycles. The van der Waals surface area contributed by atoms with Crippen LogP contribution in [0.2, 0.25) is 0 Å². The molecule has 3 nitrogen and oxygen atoms in total. The first-order valence-corrected chi connectivity index (χ1v) is 7.03. The van der Waals surface area contributed by atoms with E-state index in [0.717, 1.165) is 18.9 Å². The molecule has 0 aromatic carbocycles. The third-order valence-electron chi connectivity index (χ3n) is 4.64. The summed E-state index contributed by atoms with van der Waals surface area (Å²) in [6, 6.07) is 4.30. The summed E-state index contributed by atoms with van der Waals surface area (Å²) in [6.07, 6.45) is 7.14. The van der Waals surface area contributed by atoms with E-state index in [4.69, 9.17) is 4.74 Å². The molecule has 2 aliphatic heterocycles. The molecule has 0 unspecified atom stereocenters. The van der Waals surface area contributed by atoms with Crippen molar-refractivity contribution in [2.75, 3.05) is 31.2 Å². The van der Waals surface area contributed by atoms with Crippen molar-refractivity contribution in [2.45, 2.75) is 32.6 Å². The van der Waals surface area contributed by atoms with Gasteiger partial charge in [0.05, 0.1) is 11.9 Å². The molecule has 0 atom stereocenters. The largest absolute Gasteiger partial charge is 0.381 e. The fraction of sp³-hybridized carbons (Fsp3) is 0.667.